The smallest absolute Gasteiger partial charge is 0.143 e. The van der Waals surface area contributed by atoms with Crippen LogP contribution >= 0.6 is 0 Å². The molecular weight excluding hydrogens is 631 g/mol. The predicted molar refractivity (Wildman–Crippen MR) is 220 cm³/mol. The molecule has 0 aliphatic rings. The lowest BCUT2D eigenvalue weighted by Gasteiger charge is -2.28. The molecule has 0 saturated carbocycles. The van der Waals surface area contributed by atoms with E-state index in [4.69, 9.17) is 4.42 Å². The van der Waals surface area contributed by atoms with Crippen LogP contribution in [0.5, 0.6) is 0 Å². The van der Waals surface area contributed by atoms with E-state index in [1.54, 1.807) is 0 Å². The topological polar surface area (TPSA) is 16.4 Å². The van der Waals surface area contributed by atoms with Gasteiger partial charge in [0.15, 0.2) is 0 Å². The van der Waals surface area contributed by atoms with Gasteiger partial charge in [0.25, 0.3) is 0 Å². The molecule has 244 valence electrons. The summed E-state index contributed by atoms with van der Waals surface area (Å²) in [5, 5.41) is 6.97. The van der Waals surface area contributed by atoms with Gasteiger partial charge in [0, 0.05) is 33.1 Å². The van der Waals surface area contributed by atoms with Gasteiger partial charge in [-0.25, -0.2) is 0 Å². The zero-order chi connectivity index (χ0) is 34.4. The maximum atomic E-state index is 6.62. The Morgan fingerprint density at radius 1 is 0.346 bits per heavy atom. The van der Waals surface area contributed by atoms with Crippen molar-refractivity contribution >= 4 is 60.5 Å². The number of furan rings is 1. The van der Waals surface area contributed by atoms with Crippen molar-refractivity contribution in [3.05, 3.63) is 200 Å². The minimum Gasteiger partial charge on any atom is -0.455 e. The first-order chi connectivity index (χ1) is 25.8. The number of rotatable bonds is 6. The van der Waals surface area contributed by atoms with Crippen LogP contribution in [0, 0.1) is 0 Å². The Labute approximate surface area is 302 Å². The van der Waals surface area contributed by atoms with Gasteiger partial charge in [-0.2, -0.15) is 0 Å². The molecule has 2 heteroatoms. The summed E-state index contributed by atoms with van der Waals surface area (Å²) in [4.78, 5) is 2.39. The molecule has 0 radical (unpaired) electrons. The first-order valence-corrected chi connectivity index (χ1v) is 17.8. The predicted octanol–water partition coefficient (Wildman–Crippen LogP) is 14.4. The minimum absolute atomic E-state index is 0.888. The van der Waals surface area contributed by atoms with Gasteiger partial charge in [-0.1, -0.05) is 158 Å². The number of anilines is 3. The van der Waals surface area contributed by atoms with Crippen LogP contribution in [0.2, 0.25) is 0 Å². The van der Waals surface area contributed by atoms with Crippen molar-refractivity contribution in [2.45, 2.75) is 0 Å². The molecule has 0 bridgehead atoms. The Balaban J connectivity index is 1.13. The molecule has 0 aliphatic heterocycles. The number of fused-ring (bicyclic) bond motifs is 6. The van der Waals surface area contributed by atoms with Gasteiger partial charge >= 0.3 is 0 Å². The van der Waals surface area contributed by atoms with Crippen LogP contribution in [-0.4, -0.2) is 0 Å². The van der Waals surface area contributed by atoms with Crippen molar-refractivity contribution in [2.24, 2.45) is 0 Å². The Morgan fingerprint density at radius 2 is 0.923 bits per heavy atom. The molecule has 0 N–H and O–H groups in total. The molecule has 0 fully saturated rings. The van der Waals surface area contributed by atoms with E-state index in [1.807, 2.05) is 0 Å². The second-order valence-corrected chi connectivity index (χ2v) is 13.3. The first kappa shape index (κ1) is 30.0. The minimum atomic E-state index is 0.888. The van der Waals surface area contributed by atoms with Crippen LogP contribution in [0.3, 0.4) is 0 Å². The molecule has 10 rings (SSSR count). The highest BCUT2D eigenvalue weighted by Crippen LogP contribution is 2.46. The van der Waals surface area contributed by atoms with Crippen LogP contribution in [0.4, 0.5) is 17.1 Å². The number of para-hydroxylation sites is 1. The Bertz CT molecular complexity index is 2890. The standard InChI is InChI=1S/C50H33NO/c1-2-11-34(12-3-1)36-21-23-37(24-22-36)38-25-29-41(30-26-38)51(42-31-27-35-13-4-5-15-40(35)33-42)47-19-9-8-17-44(47)45-18-10-20-48-49(45)46-32-28-39-14-6-7-16-43(39)50(46)52-48/h1-33H. The number of nitrogens with zero attached hydrogens (tertiary/aromatic N) is 1. The molecule has 52 heavy (non-hydrogen) atoms. The average Bonchev–Trinajstić information content (AvgIpc) is 3.62. The summed E-state index contributed by atoms with van der Waals surface area (Å²) in [6.45, 7) is 0. The molecule has 0 saturated heterocycles. The van der Waals surface area contributed by atoms with E-state index in [-0.39, 0.29) is 0 Å². The number of hydrogen-bond acceptors (Lipinski definition) is 2. The normalized spacial score (nSPS) is 11.5. The van der Waals surface area contributed by atoms with E-state index in [0.29, 0.717) is 0 Å². The summed E-state index contributed by atoms with van der Waals surface area (Å²) in [5.41, 5.74) is 12.2. The molecule has 1 aromatic heterocycles. The van der Waals surface area contributed by atoms with Crippen molar-refractivity contribution < 1.29 is 4.42 Å². The summed E-state index contributed by atoms with van der Waals surface area (Å²) in [6, 6.07) is 71.7. The van der Waals surface area contributed by atoms with Gasteiger partial charge in [0.05, 0.1) is 5.69 Å². The highest BCUT2D eigenvalue weighted by molar-refractivity contribution is 6.19. The zero-order valence-electron chi connectivity index (χ0n) is 28.4. The maximum absolute atomic E-state index is 6.62. The quantitative estimate of drug-likeness (QED) is 0.176. The Hall–Kier alpha value is -6.90. The van der Waals surface area contributed by atoms with Crippen LogP contribution in [-0.2, 0) is 0 Å². The molecule has 0 aliphatic carbocycles. The summed E-state index contributed by atoms with van der Waals surface area (Å²) in [6.07, 6.45) is 0. The summed E-state index contributed by atoms with van der Waals surface area (Å²) in [5.74, 6) is 0. The third-order valence-electron chi connectivity index (χ3n) is 10.3. The maximum Gasteiger partial charge on any atom is 0.143 e. The van der Waals surface area contributed by atoms with E-state index in [0.717, 1.165) is 55.5 Å². The number of hydrogen-bond donors (Lipinski definition) is 0. The van der Waals surface area contributed by atoms with Crippen LogP contribution in [0.25, 0.3) is 76.9 Å². The molecule has 0 spiro atoms. The lowest BCUT2D eigenvalue weighted by Crippen LogP contribution is -2.11. The van der Waals surface area contributed by atoms with Crippen molar-refractivity contribution in [2.75, 3.05) is 4.90 Å². The van der Waals surface area contributed by atoms with Gasteiger partial charge in [0.1, 0.15) is 11.2 Å². The zero-order valence-corrected chi connectivity index (χ0v) is 28.4. The van der Waals surface area contributed by atoms with Gasteiger partial charge in [-0.05, 0) is 86.4 Å². The van der Waals surface area contributed by atoms with E-state index >= 15 is 0 Å². The van der Waals surface area contributed by atoms with E-state index < -0.39 is 0 Å². The van der Waals surface area contributed by atoms with E-state index in [1.165, 1.54) is 38.4 Å². The molecule has 0 unspecified atom stereocenters. The first-order valence-electron chi connectivity index (χ1n) is 17.8. The fourth-order valence-electron chi connectivity index (χ4n) is 7.71. The van der Waals surface area contributed by atoms with E-state index in [2.05, 4.69) is 205 Å². The van der Waals surface area contributed by atoms with Crippen molar-refractivity contribution in [3.8, 4) is 33.4 Å². The molecule has 0 atom stereocenters. The fourth-order valence-corrected chi connectivity index (χ4v) is 7.71. The largest absolute Gasteiger partial charge is 0.455 e. The third kappa shape index (κ3) is 5.12. The molecule has 10 aromatic rings. The molecular formula is C50H33NO. The fraction of sp³-hybridized carbons (Fsp3) is 0. The van der Waals surface area contributed by atoms with E-state index in [9.17, 15) is 0 Å². The third-order valence-corrected chi connectivity index (χ3v) is 10.3. The van der Waals surface area contributed by atoms with Crippen molar-refractivity contribution in [1.29, 1.82) is 0 Å². The molecule has 9 aromatic carbocycles. The Morgan fingerprint density at radius 3 is 1.71 bits per heavy atom. The SMILES string of the molecule is c1ccc(-c2ccc(-c3ccc(N(c4ccc5ccccc5c4)c4ccccc4-c4cccc5oc6c7ccccc7ccc6c45)cc3)cc2)cc1. The monoisotopic (exact) mass is 663 g/mol. The summed E-state index contributed by atoms with van der Waals surface area (Å²) in [7, 11) is 0. The second-order valence-electron chi connectivity index (χ2n) is 13.3. The number of benzene rings is 9. The lowest BCUT2D eigenvalue weighted by molar-refractivity contribution is 0.673. The Kier molecular flexibility index (Phi) is 7.18. The molecule has 0 amide bonds. The van der Waals surface area contributed by atoms with Crippen LogP contribution < -0.4 is 4.90 Å². The van der Waals surface area contributed by atoms with Crippen LogP contribution in [0.1, 0.15) is 0 Å². The van der Waals surface area contributed by atoms with Gasteiger partial charge < -0.3 is 9.32 Å². The molecule has 2 nitrogen and oxygen atoms in total. The average molecular weight is 664 g/mol. The van der Waals surface area contributed by atoms with Gasteiger partial charge in [-0.3, -0.25) is 0 Å². The van der Waals surface area contributed by atoms with Crippen LogP contribution in [0.15, 0.2) is 205 Å². The van der Waals surface area contributed by atoms with Crippen molar-refractivity contribution in [1.82, 2.24) is 0 Å². The molecule has 1 heterocycles. The van der Waals surface area contributed by atoms with Crippen molar-refractivity contribution in [3.63, 3.8) is 0 Å². The highest BCUT2D eigenvalue weighted by atomic mass is 16.3. The summed E-state index contributed by atoms with van der Waals surface area (Å²) >= 11 is 0. The van der Waals surface area contributed by atoms with Gasteiger partial charge in [0.2, 0.25) is 0 Å². The second kappa shape index (κ2) is 12.5. The van der Waals surface area contributed by atoms with Gasteiger partial charge in [-0.15, -0.1) is 0 Å². The lowest BCUT2D eigenvalue weighted by atomic mass is 9.96. The highest BCUT2D eigenvalue weighted by Gasteiger charge is 2.21. The summed E-state index contributed by atoms with van der Waals surface area (Å²) < 4.78 is 6.62.